The molecule has 0 aromatic heterocycles. The number of rotatable bonds is 1. The molecule has 0 heterocycles. The van der Waals surface area contributed by atoms with Crippen LogP contribution in [-0.4, -0.2) is 12.9 Å². The van der Waals surface area contributed by atoms with Gasteiger partial charge in [-0.15, -0.1) is 0 Å². The minimum absolute atomic E-state index is 0.0438. The van der Waals surface area contributed by atoms with Gasteiger partial charge in [0, 0.05) is 17.8 Å². The molecule has 118 valence electrons. The van der Waals surface area contributed by atoms with Crippen LogP contribution in [0.1, 0.15) is 39.5 Å². The first-order valence-electron chi connectivity index (χ1n) is 8.72. The summed E-state index contributed by atoms with van der Waals surface area (Å²) in [4.78, 5) is 12.5. The number of hydrogen-bond acceptors (Lipinski definition) is 2. The number of Topliss-reactive ketones (excluding diaryl/α,β-unsaturated/α-hetero) is 1. The molecule has 22 heavy (non-hydrogen) atoms. The second-order valence-corrected chi connectivity index (χ2v) is 7.98. The predicted octanol–water partition coefficient (Wildman–Crippen LogP) is 4.29. The predicted molar refractivity (Wildman–Crippen MR) is 87.0 cm³/mol. The number of allylic oxidation sites excluding steroid dienone is 5. The molecule has 0 unspecified atom stereocenters. The van der Waals surface area contributed by atoms with E-state index >= 15 is 0 Å². The van der Waals surface area contributed by atoms with E-state index in [1.807, 2.05) is 0 Å². The smallest absolute Gasteiger partial charge is 0.139 e. The van der Waals surface area contributed by atoms with Crippen LogP contribution in [-0.2, 0) is 9.53 Å². The summed E-state index contributed by atoms with van der Waals surface area (Å²) in [7, 11) is 1.74. The first kappa shape index (κ1) is 14.3. The van der Waals surface area contributed by atoms with Crippen molar-refractivity contribution in [1.29, 1.82) is 0 Å². The van der Waals surface area contributed by atoms with Gasteiger partial charge in [0.05, 0.1) is 7.11 Å². The Morgan fingerprint density at radius 3 is 2.95 bits per heavy atom. The molecule has 2 heteroatoms. The Morgan fingerprint density at radius 2 is 2.18 bits per heavy atom. The van der Waals surface area contributed by atoms with E-state index < -0.39 is 0 Å². The number of hydrogen-bond donors (Lipinski definition) is 0. The molecule has 4 aliphatic rings. The van der Waals surface area contributed by atoms with E-state index in [9.17, 15) is 4.79 Å². The molecule has 4 aliphatic carbocycles. The van der Waals surface area contributed by atoms with Gasteiger partial charge in [0.25, 0.3) is 0 Å². The molecule has 6 atom stereocenters. The lowest BCUT2D eigenvalue weighted by Gasteiger charge is -2.53. The number of carbonyl (C=O) groups excluding carboxylic acids is 1. The van der Waals surface area contributed by atoms with Crippen molar-refractivity contribution in [3.8, 4) is 0 Å². The normalized spacial score (nSPS) is 46.3. The van der Waals surface area contributed by atoms with Crippen LogP contribution in [0.25, 0.3) is 0 Å². The van der Waals surface area contributed by atoms with E-state index in [1.54, 1.807) is 7.11 Å². The van der Waals surface area contributed by atoms with Gasteiger partial charge in [0.15, 0.2) is 0 Å². The largest absolute Gasteiger partial charge is 0.497 e. The molecule has 2 saturated carbocycles. The van der Waals surface area contributed by atoms with E-state index in [4.69, 9.17) is 4.74 Å². The second-order valence-electron chi connectivity index (χ2n) is 7.98. The van der Waals surface area contributed by atoms with Crippen LogP contribution < -0.4 is 0 Å². The highest BCUT2D eigenvalue weighted by atomic mass is 16.5. The fraction of sp³-hybridized carbons (Fsp3) is 0.650. The first-order chi connectivity index (χ1) is 10.5. The van der Waals surface area contributed by atoms with Gasteiger partial charge in [-0.3, -0.25) is 4.79 Å². The van der Waals surface area contributed by atoms with Crippen molar-refractivity contribution in [2.75, 3.05) is 7.11 Å². The van der Waals surface area contributed by atoms with Crippen LogP contribution in [0.2, 0.25) is 0 Å². The summed E-state index contributed by atoms with van der Waals surface area (Å²) in [6.45, 7) is 4.62. The van der Waals surface area contributed by atoms with E-state index in [0.717, 1.165) is 31.4 Å². The highest BCUT2D eigenvalue weighted by Gasteiger charge is 2.57. The topological polar surface area (TPSA) is 26.3 Å². The van der Waals surface area contributed by atoms with Crippen molar-refractivity contribution in [3.05, 3.63) is 35.6 Å². The average Bonchev–Trinajstić information content (AvgIpc) is 2.81. The molecule has 0 radical (unpaired) electrons. The van der Waals surface area contributed by atoms with Gasteiger partial charge in [0.2, 0.25) is 0 Å². The number of methoxy groups -OCH3 is 1. The molecule has 0 amide bonds. The molecule has 0 aromatic rings. The van der Waals surface area contributed by atoms with Crippen molar-refractivity contribution in [2.45, 2.75) is 39.5 Å². The molecular weight excluding hydrogens is 272 g/mol. The molecular formula is C20H26O2. The third kappa shape index (κ3) is 1.82. The lowest BCUT2D eigenvalue weighted by atomic mass is 9.51. The Labute approximate surface area is 133 Å². The van der Waals surface area contributed by atoms with Crippen molar-refractivity contribution in [3.63, 3.8) is 0 Å². The van der Waals surface area contributed by atoms with Gasteiger partial charge in [-0.2, -0.15) is 0 Å². The van der Waals surface area contributed by atoms with Gasteiger partial charge >= 0.3 is 0 Å². The Kier molecular flexibility index (Phi) is 3.15. The van der Waals surface area contributed by atoms with Crippen LogP contribution in [0.15, 0.2) is 35.6 Å². The lowest BCUT2D eigenvalue weighted by molar-refractivity contribution is -0.132. The highest BCUT2D eigenvalue weighted by Crippen LogP contribution is 2.61. The summed E-state index contributed by atoms with van der Waals surface area (Å²) in [6, 6.07) is 0. The maximum Gasteiger partial charge on any atom is 0.139 e. The molecule has 0 aromatic carbocycles. The zero-order valence-corrected chi connectivity index (χ0v) is 13.8. The Balaban J connectivity index is 1.71. The van der Waals surface area contributed by atoms with Crippen molar-refractivity contribution in [1.82, 2.24) is 0 Å². The van der Waals surface area contributed by atoms with E-state index in [-0.39, 0.29) is 5.41 Å². The third-order valence-corrected chi connectivity index (χ3v) is 6.99. The van der Waals surface area contributed by atoms with E-state index in [0.29, 0.717) is 35.4 Å². The number of fused-ring (bicyclic) bond motifs is 5. The molecule has 2 fully saturated rings. The summed E-state index contributed by atoms with van der Waals surface area (Å²) in [5, 5.41) is 0. The summed E-state index contributed by atoms with van der Waals surface area (Å²) < 4.78 is 5.39. The third-order valence-electron chi connectivity index (χ3n) is 6.99. The lowest BCUT2D eigenvalue weighted by Crippen LogP contribution is -2.48. The summed E-state index contributed by atoms with van der Waals surface area (Å²) in [5.41, 5.74) is 1.39. The summed E-state index contributed by atoms with van der Waals surface area (Å²) in [6.07, 6.45) is 13.2. The number of carbonyl (C=O) groups is 1. The quantitative estimate of drug-likeness (QED) is 0.722. The van der Waals surface area contributed by atoms with Gasteiger partial charge in [0.1, 0.15) is 11.5 Å². The number of ketones is 1. The standard InChI is InChI=1S/C20H26O2/c1-12-11-20(2)17(8-9-18(20)21)16-6-4-13-10-14(22-3)5-7-15(13)19(12)16/h4-5,7,10,12,15-17,19H,6,8-9,11H2,1-3H3/t12-,15-,16-,17-,19+,20-/m0/s1. The maximum atomic E-state index is 12.5. The summed E-state index contributed by atoms with van der Waals surface area (Å²) in [5.74, 6) is 4.59. The fourth-order valence-electron chi connectivity index (χ4n) is 6.05. The molecule has 0 spiro atoms. The summed E-state index contributed by atoms with van der Waals surface area (Å²) >= 11 is 0. The SMILES string of the molecule is COC1=CC2=CC[C@@H]3[C@H]([C@@H](C)C[C@]4(C)C(=O)CC[C@@H]34)[C@H]2C=C1. The Hall–Kier alpha value is -1.31. The van der Waals surface area contributed by atoms with Gasteiger partial charge in [-0.1, -0.05) is 26.0 Å². The van der Waals surface area contributed by atoms with Crippen LogP contribution in [0, 0.1) is 35.0 Å². The van der Waals surface area contributed by atoms with Crippen LogP contribution in [0.4, 0.5) is 0 Å². The molecule has 4 rings (SSSR count). The van der Waals surface area contributed by atoms with Crippen LogP contribution >= 0.6 is 0 Å². The van der Waals surface area contributed by atoms with Crippen LogP contribution in [0.3, 0.4) is 0 Å². The highest BCUT2D eigenvalue weighted by molar-refractivity contribution is 5.87. The molecule has 0 N–H and O–H groups in total. The molecule has 0 saturated heterocycles. The zero-order chi connectivity index (χ0) is 15.5. The number of ether oxygens (including phenoxy) is 1. The zero-order valence-electron chi connectivity index (χ0n) is 13.8. The van der Waals surface area contributed by atoms with E-state index in [2.05, 4.69) is 38.2 Å². The molecule has 0 aliphatic heterocycles. The molecule has 0 bridgehead atoms. The van der Waals surface area contributed by atoms with Crippen molar-refractivity contribution in [2.24, 2.45) is 35.0 Å². The average molecular weight is 298 g/mol. The molecule has 2 nitrogen and oxygen atoms in total. The van der Waals surface area contributed by atoms with Crippen molar-refractivity contribution < 1.29 is 9.53 Å². The van der Waals surface area contributed by atoms with Crippen LogP contribution in [0.5, 0.6) is 0 Å². The fourth-order valence-corrected chi connectivity index (χ4v) is 6.05. The second kappa shape index (κ2) is 4.84. The Morgan fingerprint density at radius 1 is 1.36 bits per heavy atom. The maximum absolute atomic E-state index is 12.5. The van der Waals surface area contributed by atoms with Gasteiger partial charge in [-0.05, 0) is 60.7 Å². The minimum atomic E-state index is -0.0438. The van der Waals surface area contributed by atoms with E-state index in [1.165, 1.54) is 5.57 Å². The first-order valence-corrected chi connectivity index (χ1v) is 8.72. The van der Waals surface area contributed by atoms with Gasteiger partial charge in [-0.25, -0.2) is 0 Å². The van der Waals surface area contributed by atoms with Crippen molar-refractivity contribution >= 4 is 5.78 Å². The van der Waals surface area contributed by atoms with Gasteiger partial charge < -0.3 is 4.74 Å². The minimum Gasteiger partial charge on any atom is -0.497 e. The monoisotopic (exact) mass is 298 g/mol. The Bertz CT molecular complexity index is 597.